The standard InChI is InChI=1S/C17H14FN3O2/c1-11-5-2-3-8-14(11)16-20-15(23-21-16)10-19-17(22)12-6-4-7-13(18)9-12/h2-9H,10H2,1H3,(H,19,22). The highest BCUT2D eigenvalue weighted by Crippen LogP contribution is 2.19. The topological polar surface area (TPSA) is 68.0 Å². The van der Waals surface area contributed by atoms with Crippen LogP contribution in [-0.2, 0) is 6.54 Å². The van der Waals surface area contributed by atoms with Crippen molar-refractivity contribution in [3.8, 4) is 11.4 Å². The number of aromatic nitrogens is 2. The Hall–Kier alpha value is -3.02. The van der Waals surface area contributed by atoms with Gasteiger partial charge in [0.05, 0.1) is 6.54 Å². The first-order valence-corrected chi connectivity index (χ1v) is 7.06. The predicted octanol–water partition coefficient (Wildman–Crippen LogP) is 3.11. The molecule has 0 fully saturated rings. The van der Waals surface area contributed by atoms with E-state index in [0.717, 1.165) is 11.1 Å². The van der Waals surface area contributed by atoms with Crippen LogP contribution in [0.3, 0.4) is 0 Å². The minimum Gasteiger partial charge on any atom is -0.343 e. The lowest BCUT2D eigenvalue weighted by molar-refractivity contribution is 0.0946. The molecule has 1 heterocycles. The van der Waals surface area contributed by atoms with E-state index in [9.17, 15) is 9.18 Å². The molecule has 0 aliphatic heterocycles. The van der Waals surface area contributed by atoms with E-state index in [1.807, 2.05) is 31.2 Å². The Kier molecular flexibility index (Phi) is 4.14. The van der Waals surface area contributed by atoms with Gasteiger partial charge in [0.2, 0.25) is 11.7 Å². The number of hydrogen-bond donors (Lipinski definition) is 1. The maximum atomic E-state index is 13.1. The average Bonchev–Trinajstić information content (AvgIpc) is 3.02. The number of carbonyl (C=O) groups is 1. The van der Waals surface area contributed by atoms with Gasteiger partial charge in [0.1, 0.15) is 5.82 Å². The summed E-state index contributed by atoms with van der Waals surface area (Å²) in [6.45, 7) is 2.03. The van der Waals surface area contributed by atoms with Crippen LogP contribution in [0.5, 0.6) is 0 Å². The Morgan fingerprint density at radius 3 is 2.83 bits per heavy atom. The zero-order valence-corrected chi connectivity index (χ0v) is 12.4. The van der Waals surface area contributed by atoms with Gasteiger partial charge in [0.15, 0.2) is 0 Å². The van der Waals surface area contributed by atoms with Gasteiger partial charge in [-0.05, 0) is 30.7 Å². The lowest BCUT2D eigenvalue weighted by atomic mass is 10.1. The van der Waals surface area contributed by atoms with Crippen molar-refractivity contribution in [1.29, 1.82) is 0 Å². The summed E-state index contributed by atoms with van der Waals surface area (Å²) in [7, 11) is 0. The molecule has 1 amide bonds. The van der Waals surface area contributed by atoms with Crippen molar-refractivity contribution in [1.82, 2.24) is 15.5 Å². The first-order chi connectivity index (χ1) is 11.1. The highest BCUT2D eigenvalue weighted by Gasteiger charge is 2.12. The van der Waals surface area contributed by atoms with Gasteiger partial charge >= 0.3 is 0 Å². The normalized spacial score (nSPS) is 10.5. The third kappa shape index (κ3) is 3.42. The van der Waals surface area contributed by atoms with E-state index in [-0.39, 0.29) is 18.0 Å². The minimum atomic E-state index is -0.461. The second-order valence-electron chi connectivity index (χ2n) is 5.02. The number of nitrogens with zero attached hydrogens (tertiary/aromatic N) is 2. The van der Waals surface area contributed by atoms with Gasteiger partial charge in [-0.25, -0.2) is 4.39 Å². The molecule has 0 saturated heterocycles. The number of nitrogens with one attached hydrogen (secondary N) is 1. The molecule has 23 heavy (non-hydrogen) atoms. The number of amides is 1. The van der Waals surface area contributed by atoms with Crippen LogP contribution >= 0.6 is 0 Å². The number of carbonyl (C=O) groups excluding carboxylic acids is 1. The van der Waals surface area contributed by atoms with E-state index >= 15 is 0 Å². The summed E-state index contributed by atoms with van der Waals surface area (Å²) >= 11 is 0. The number of benzene rings is 2. The highest BCUT2D eigenvalue weighted by molar-refractivity contribution is 5.94. The van der Waals surface area contributed by atoms with E-state index in [2.05, 4.69) is 15.5 Å². The van der Waals surface area contributed by atoms with Gasteiger partial charge in [0.25, 0.3) is 5.91 Å². The Bertz CT molecular complexity index is 845. The van der Waals surface area contributed by atoms with Gasteiger partial charge in [-0.15, -0.1) is 0 Å². The van der Waals surface area contributed by atoms with Gasteiger partial charge in [-0.3, -0.25) is 4.79 Å². The van der Waals surface area contributed by atoms with E-state index in [1.54, 1.807) is 0 Å². The Balaban J connectivity index is 1.68. The smallest absolute Gasteiger partial charge is 0.251 e. The molecule has 5 nitrogen and oxygen atoms in total. The second-order valence-corrected chi connectivity index (χ2v) is 5.02. The summed E-state index contributed by atoms with van der Waals surface area (Å²) in [6, 6.07) is 13.1. The Morgan fingerprint density at radius 2 is 2.04 bits per heavy atom. The molecular formula is C17H14FN3O2. The average molecular weight is 311 g/mol. The number of hydrogen-bond acceptors (Lipinski definition) is 4. The molecular weight excluding hydrogens is 297 g/mol. The maximum Gasteiger partial charge on any atom is 0.251 e. The fourth-order valence-corrected chi connectivity index (χ4v) is 2.15. The summed E-state index contributed by atoms with van der Waals surface area (Å²) < 4.78 is 18.2. The molecule has 0 unspecified atom stereocenters. The van der Waals surface area contributed by atoms with Crippen molar-refractivity contribution >= 4 is 5.91 Å². The van der Waals surface area contributed by atoms with Crippen LogP contribution in [0.4, 0.5) is 4.39 Å². The Labute approximate surface area is 132 Å². The fourth-order valence-electron chi connectivity index (χ4n) is 2.15. The monoisotopic (exact) mass is 311 g/mol. The zero-order chi connectivity index (χ0) is 16.2. The summed E-state index contributed by atoms with van der Waals surface area (Å²) in [5, 5.41) is 6.53. The van der Waals surface area contributed by atoms with Crippen molar-refractivity contribution in [2.24, 2.45) is 0 Å². The van der Waals surface area contributed by atoms with Crippen molar-refractivity contribution in [3.63, 3.8) is 0 Å². The van der Waals surface area contributed by atoms with Gasteiger partial charge < -0.3 is 9.84 Å². The maximum absolute atomic E-state index is 13.1. The van der Waals surface area contributed by atoms with E-state index in [1.165, 1.54) is 24.3 Å². The number of rotatable bonds is 4. The van der Waals surface area contributed by atoms with Gasteiger partial charge in [-0.2, -0.15) is 4.98 Å². The molecule has 0 bridgehead atoms. The highest BCUT2D eigenvalue weighted by atomic mass is 19.1. The predicted molar refractivity (Wildman–Crippen MR) is 82.0 cm³/mol. The third-order valence-electron chi connectivity index (χ3n) is 3.34. The zero-order valence-electron chi connectivity index (χ0n) is 12.4. The molecule has 2 aromatic carbocycles. The van der Waals surface area contributed by atoms with Crippen LogP contribution in [-0.4, -0.2) is 16.0 Å². The molecule has 1 N–H and O–H groups in total. The van der Waals surface area contributed by atoms with Crippen LogP contribution in [0.2, 0.25) is 0 Å². The molecule has 6 heteroatoms. The van der Waals surface area contributed by atoms with Gasteiger partial charge in [0, 0.05) is 11.1 Å². The minimum absolute atomic E-state index is 0.0776. The molecule has 1 aromatic heterocycles. The molecule has 0 aliphatic carbocycles. The van der Waals surface area contributed by atoms with Crippen molar-refractivity contribution in [3.05, 3.63) is 71.4 Å². The second kappa shape index (κ2) is 6.39. The van der Waals surface area contributed by atoms with E-state index in [4.69, 9.17) is 4.52 Å². The molecule has 0 radical (unpaired) electrons. The lowest BCUT2D eigenvalue weighted by Gasteiger charge is -2.02. The SMILES string of the molecule is Cc1ccccc1-c1noc(CNC(=O)c2cccc(F)c2)n1. The van der Waals surface area contributed by atoms with Gasteiger partial charge in [-0.1, -0.05) is 35.5 Å². The Morgan fingerprint density at radius 1 is 1.22 bits per heavy atom. The van der Waals surface area contributed by atoms with Crippen LogP contribution in [0.15, 0.2) is 53.1 Å². The van der Waals surface area contributed by atoms with Crippen LogP contribution in [0.25, 0.3) is 11.4 Å². The van der Waals surface area contributed by atoms with Crippen LogP contribution < -0.4 is 5.32 Å². The fraction of sp³-hybridized carbons (Fsp3) is 0.118. The van der Waals surface area contributed by atoms with Crippen molar-refractivity contribution in [2.45, 2.75) is 13.5 Å². The lowest BCUT2D eigenvalue weighted by Crippen LogP contribution is -2.23. The molecule has 3 aromatic rings. The quantitative estimate of drug-likeness (QED) is 0.804. The number of aryl methyl sites for hydroxylation is 1. The molecule has 0 saturated carbocycles. The van der Waals surface area contributed by atoms with Crippen molar-refractivity contribution < 1.29 is 13.7 Å². The first-order valence-electron chi connectivity index (χ1n) is 7.06. The first kappa shape index (κ1) is 14.9. The van der Waals surface area contributed by atoms with Crippen molar-refractivity contribution in [2.75, 3.05) is 0 Å². The summed E-state index contributed by atoms with van der Waals surface area (Å²) in [4.78, 5) is 16.2. The summed E-state index contributed by atoms with van der Waals surface area (Å²) in [5.74, 6) is -0.108. The summed E-state index contributed by atoms with van der Waals surface area (Å²) in [5.41, 5.74) is 2.14. The third-order valence-corrected chi connectivity index (χ3v) is 3.34. The number of halogens is 1. The molecule has 3 rings (SSSR count). The molecule has 0 aliphatic rings. The molecule has 0 atom stereocenters. The summed E-state index contributed by atoms with van der Waals surface area (Å²) in [6.07, 6.45) is 0. The van der Waals surface area contributed by atoms with E-state index < -0.39 is 11.7 Å². The molecule has 0 spiro atoms. The molecule has 116 valence electrons. The van der Waals surface area contributed by atoms with E-state index in [0.29, 0.717) is 5.82 Å². The van der Waals surface area contributed by atoms with Crippen LogP contribution in [0.1, 0.15) is 21.8 Å². The largest absolute Gasteiger partial charge is 0.343 e. The van der Waals surface area contributed by atoms with Crippen LogP contribution in [0, 0.1) is 12.7 Å².